The molecule has 4 nitrogen and oxygen atoms in total. The summed E-state index contributed by atoms with van der Waals surface area (Å²) in [6.07, 6.45) is 1.77. The molecule has 0 saturated carbocycles. The fourth-order valence-corrected chi connectivity index (χ4v) is 4.34. The van der Waals surface area contributed by atoms with Gasteiger partial charge in [-0.2, -0.15) is 0 Å². The first-order valence-electron chi connectivity index (χ1n) is 7.16. The highest BCUT2D eigenvalue weighted by Crippen LogP contribution is 2.30. The van der Waals surface area contributed by atoms with E-state index in [9.17, 15) is 4.79 Å². The molecule has 1 aromatic carbocycles. The second kappa shape index (κ2) is 5.79. The maximum absolute atomic E-state index is 12.2. The molecule has 0 fully saturated rings. The monoisotopic (exact) mass is 339 g/mol. The van der Waals surface area contributed by atoms with Gasteiger partial charge >= 0.3 is 0 Å². The SMILES string of the molecule is Cc1ccn2c(=O)cc(CSc3nc4ccccc4s3)nc2c1. The predicted molar refractivity (Wildman–Crippen MR) is 95.4 cm³/mol. The molecule has 0 unspecified atom stereocenters. The van der Waals surface area contributed by atoms with Crippen LogP contribution in [-0.4, -0.2) is 14.4 Å². The number of para-hydroxylation sites is 1. The number of nitrogens with zero attached hydrogens (tertiary/aromatic N) is 3. The fraction of sp³-hybridized carbons (Fsp3) is 0.118. The molecule has 3 heterocycles. The fourth-order valence-electron chi connectivity index (χ4n) is 2.38. The summed E-state index contributed by atoms with van der Waals surface area (Å²) < 4.78 is 3.74. The van der Waals surface area contributed by atoms with Gasteiger partial charge in [0, 0.05) is 18.0 Å². The average Bonchev–Trinajstić information content (AvgIpc) is 2.95. The van der Waals surface area contributed by atoms with Gasteiger partial charge in [0.25, 0.3) is 5.56 Å². The summed E-state index contributed by atoms with van der Waals surface area (Å²) in [4.78, 5) is 21.3. The largest absolute Gasteiger partial charge is 0.269 e. The van der Waals surface area contributed by atoms with Crippen LogP contribution in [0.3, 0.4) is 0 Å². The first kappa shape index (κ1) is 14.4. The van der Waals surface area contributed by atoms with Crippen LogP contribution in [0.2, 0.25) is 0 Å². The molecule has 0 spiro atoms. The van der Waals surface area contributed by atoms with Crippen molar-refractivity contribution >= 4 is 39.0 Å². The Morgan fingerprint density at radius 2 is 2.04 bits per heavy atom. The molecule has 23 heavy (non-hydrogen) atoms. The van der Waals surface area contributed by atoms with Gasteiger partial charge < -0.3 is 0 Å². The maximum atomic E-state index is 12.2. The van der Waals surface area contributed by atoms with E-state index in [1.54, 1.807) is 39.8 Å². The Morgan fingerprint density at radius 3 is 2.91 bits per heavy atom. The first-order chi connectivity index (χ1) is 11.2. The lowest BCUT2D eigenvalue weighted by Crippen LogP contribution is -2.15. The van der Waals surface area contributed by atoms with E-state index in [0.717, 1.165) is 21.1 Å². The molecule has 0 aliphatic carbocycles. The topological polar surface area (TPSA) is 47.3 Å². The zero-order valence-electron chi connectivity index (χ0n) is 12.4. The van der Waals surface area contributed by atoms with Gasteiger partial charge in [0.05, 0.1) is 15.9 Å². The molecule has 0 N–H and O–H groups in total. The third-order valence-electron chi connectivity index (χ3n) is 3.49. The van der Waals surface area contributed by atoms with Crippen molar-refractivity contribution in [1.82, 2.24) is 14.4 Å². The Kier molecular flexibility index (Phi) is 3.63. The molecule has 0 atom stereocenters. The standard InChI is InChI=1S/C17H13N3OS2/c1-11-6-7-20-15(8-11)18-12(9-16(20)21)10-22-17-19-13-4-2-3-5-14(13)23-17/h2-9H,10H2,1H3. The molecule has 0 aliphatic rings. The van der Waals surface area contributed by atoms with E-state index in [4.69, 9.17) is 0 Å². The number of thiazole rings is 1. The molecule has 0 amide bonds. The molecule has 0 aliphatic heterocycles. The van der Waals surface area contributed by atoms with Crippen molar-refractivity contribution < 1.29 is 0 Å². The summed E-state index contributed by atoms with van der Waals surface area (Å²) >= 11 is 3.29. The zero-order valence-corrected chi connectivity index (χ0v) is 14.0. The zero-order chi connectivity index (χ0) is 15.8. The number of fused-ring (bicyclic) bond motifs is 2. The number of benzene rings is 1. The van der Waals surface area contributed by atoms with Gasteiger partial charge in [-0.05, 0) is 36.8 Å². The predicted octanol–water partition coefficient (Wildman–Crippen LogP) is 3.90. The third-order valence-corrected chi connectivity index (χ3v) is 5.71. The Bertz CT molecular complexity index is 1040. The quantitative estimate of drug-likeness (QED) is 0.531. The van der Waals surface area contributed by atoms with Crippen LogP contribution in [0.5, 0.6) is 0 Å². The van der Waals surface area contributed by atoms with Gasteiger partial charge in [0.1, 0.15) is 5.65 Å². The Balaban J connectivity index is 1.63. The number of aryl methyl sites for hydroxylation is 1. The highest BCUT2D eigenvalue weighted by molar-refractivity contribution is 8.00. The van der Waals surface area contributed by atoms with E-state index in [2.05, 4.69) is 16.0 Å². The van der Waals surface area contributed by atoms with E-state index in [1.165, 1.54) is 4.70 Å². The number of aromatic nitrogens is 3. The van der Waals surface area contributed by atoms with Crippen molar-refractivity contribution in [2.45, 2.75) is 17.0 Å². The van der Waals surface area contributed by atoms with Crippen LogP contribution < -0.4 is 5.56 Å². The molecule has 0 bridgehead atoms. The smallest absolute Gasteiger partial charge is 0.258 e. The van der Waals surface area contributed by atoms with Crippen LogP contribution >= 0.6 is 23.1 Å². The normalized spacial score (nSPS) is 11.3. The van der Waals surface area contributed by atoms with Gasteiger partial charge in [-0.3, -0.25) is 9.20 Å². The lowest BCUT2D eigenvalue weighted by molar-refractivity contribution is 1.01. The molecule has 6 heteroatoms. The van der Waals surface area contributed by atoms with E-state index in [1.807, 2.05) is 37.3 Å². The van der Waals surface area contributed by atoms with Crippen LogP contribution in [0.15, 0.2) is 57.8 Å². The van der Waals surface area contributed by atoms with Crippen LogP contribution in [0.4, 0.5) is 0 Å². The van der Waals surface area contributed by atoms with Crippen molar-refractivity contribution in [3.05, 3.63) is 70.3 Å². The van der Waals surface area contributed by atoms with E-state index in [-0.39, 0.29) is 5.56 Å². The molecular formula is C17H13N3OS2. The van der Waals surface area contributed by atoms with Crippen LogP contribution in [-0.2, 0) is 5.75 Å². The van der Waals surface area contributed by atoms with Crippen LogP contribution in [0.1, 0.15) is 11.3 Å². The molecule has 114 valence electrons. The number of thioether (sulfide) groups is 1. The summed E-state index contributed by atoms with van der Waals surface area (Å²) in [5.41, 5.74) is 3.53. The van der Waals surface area contributed by atoms with Gasteiger partial charge in [0.2, 0.25) is 0 Å². The van der Waals surface area contributed by atoms with Gasteiger partial charge in [-0.25, -0.2) is 9.97 Å². The first-order valence-corrected chi connectivity index (χ1v) is 8.96. The number of rotatable bonds is 3. The summed E-state index contributed by atoms with van der Waals surface area (Å²) in [7, 11) is 0. The maximum Gasteiger partial charge on any atom is 0.258 e. The van der Waals surface area contributed by atoms with E-state index in [0.29, 0.717) is 11.4 Å². The summed E-state index contributed by atoms with van der Waals surface area (Å²) in [6, 6.07) is 13.5. The number of hydrogen-bond donors (Lipinski definition) is 0. The van der Waals surface area contributed by atoms with Crippen LogP contribution in [0, 0.1) is 6.92 Å². The highest BCUT2D eigenvalue weighted by atomic mass is 32.2. The second-order valence-corrected chi connectivity index (χ2v) is 7.51. The van der Waals surface area contributed by atoms with Crippen molar-refractivity contribution in [3.63, 3.8) is 0 Å². The van der Waals surface area contributed by atoms with Crippen molar-refractivity contribution in [1.29, 1.82) is 0 Å². The molecule has 3 aromatic heterocycles. The molecule has 4 aromatic rings. The number of pyridine rings is 1. The van der Waals surface area contributed by atoms with Crippen LogP contribution in [0.25, 0.3) is 15.9 Å². The molecular weight excluding hydrogens is 326 g/mol. The van der Waals surface area contributed by atoms with E-state index < -0.39 is 0 Å². The minimum Gasteiger partial charge on any atom is -0.269 e. The van der Waals surface area contributed by atoms with Gasteiger partial charge in [-0.1, -0.05) is 23.9 Å². The Labute approximate surface area is 140 Å². The Morgan fingerprint density at radius 1 is 1.17 bits per heavy atom. The summed E-state index contributed by atoms with van der Waals surface area (Å²) in [6.45, 7) is 1.99. The third kappa shape index (κ3) is 2.87. The van der Waals surface area contributed by atoms with Gasteiger partial charge in [0.15, 0.2) is 4.34 Å². The average molecular weight is 339 g/mol. The van der Waals surface area contributed by atoms with Crippen molar-refractivity contribution in [2.24, 2.45) is 0 Å². The Hall–Kier alpha value is -2.18. The van der Waals surface area contributed by atoms with Gasteiger partial charge in [-0.15, -0.1) is 11.3 Å². The number of hydrogen-bond acceptors (Lipinski definition) is 5. The van der Waals surface area contributed by atoms with Crippen molar-refractivity contribution in [3.8, 4) is 0 Å². The second-order valence-electron chi connectivity index (χ2n) is 5.25. The minimum absolute atomic E-state index is 0.0464. The minimum atomic E-state index is -0.0464. The van der Waals surface area contributed by atoms with Crippen molar-refractivity contribution in [2.75, 3.05) is 0 Å². The summed E-state index contributed by atoms with van der Waals surface area (Å²) in [5.74, 6) is 0.638. The molecule has 0 saturated heterocycles. The molecule has 4 rings (SSSR count). The lowest BCUT2D eigenvalue weighted by Gasteiger charge is -2.04. The summed E-state index contributed by atoms with van der Waals surface area (Å²) in [5, 5.41) is 0. The highest BCUT2D eigenvalue weighted by Gasteiger charge is 2.07. The van der Waals surface area contributed by atoms with E-state index >= 15 is 0 Å². The molecule has 0 radical (unpaired) electrons. The lowest BCUT2D eigenvalue weighted by atomic mass is 10.3.